The lowest BCUT2D eigenvalue weighted by Gasteiger charge is -2.08. The second kappa shape index (κ2) is 7.20. The standard InChI is InChI=1S/C11H18N2O2/c12-6-7-13-8-11(14)15-9-10-4-2-1-3-5-10/h2,4-5,13H,1,3,6-9,12H2. The third kappa shape index (κ3) is 5.34. The van der Waals surface area contributed by atoms with Crippen molar-refractivity contribution in [1.29, 1.82) is 0 Å². The fourth-order valence-corrected chi connectivity index (χ4v) is 1.28. The number of nitrogens with one attached hydrogen (secondary N) is 1. The smallest absolute Gasteiger partial charge is 0.320 e. The highest BCUT2D eigenvalue weighted by atomic mass is 16.5. The molecule has 4 heteroatoms. The first kappa shape index (κ1) is 11.9. The minimum absolute atomic E-state index is 0.230. The summed E-state index contributed by atoms with van der Waals surface area (Å²) in [7, 11) is 0. The van der Waals surface area contributed by atoms with Gasteiger partial charge in [0, 0.05) is 13.1 Å². The summed E-state index contributed by atoms with van der Waals surface area (Å²) < 4.78 is 5.07. The predicted molar refractivity (Wildman–Crippen MR) is 59.3 cm³/mol. The Morgan fingerprint density at radius 3 is 3.07 bits per heavy atom. The van der Waals surface area contributed by atoms with Crippen molar-refractivity contribution in [3.63, 3.8) is 0 Å². The van der Waals surface area contributed by atoms with Crippen LogP contribution in [0.15, 0.2) is 23.8 Å². The van der Waals surface area contributed by atoms with Gasteiger partial charge in [0.2, 0.25) is 0 Å². The molecule has 0 atom stereocenters. The van der Waals surface area contributed by atoms with Crippen molar-refractivity contribution in [2.45, 2.75) is 12.8 Å². The molecule has 0 amide bonds. The summed E-state index contributed by atoms with van der Waals surface area (Å²) in [5, 5.41) is 2.89. The Hall–Kier alpha value is -1.13. The van der Waals surface area contributed by atoms with Crippen LogP contribution in [0.5, 0.6) is 0 Å². The first-order chi connectivity index (χ1) is 7.33. The molecule has 84 valence electrons. The summed E-state index contributed by atoms with van der Waals surface area (Å²) in [6.07, 6.45) is 8.31. The quantitative estimate of drug-likeness (QED) is 0.490. The van der Waals surface area contributed by atoms with Crippen LogP contribution in [0.25, 0.3) is 0 Å². The van der Waals surface area contributed by atoms with Gasteiger partial charge in [0.25, 0.3) is 0 Å². The number of allylic oxidation sites excluding steroid dienone is 2. The number of ether oxygens (including phenoxy) is 1. The van der Waals surface area contributed by atoms with E-state index in [0.717, 1.165) is 18.4 Å². The van der Waals surface area contributed by atoms with Crippen LogP contribution in [0, 0.1) is 0 Å². The molecule has 0 bridgehead atoms. The number of carbonyl (C=O) groups excluding carboxylic acids is 1. The van der Waals surface area contributed by atoms with E-state index in [4.69, 9.17) is 10.5 Å². The van der Waals surface area contributed by atoms with Gasteiger partial charge in [-0.3, -0.25) is 4.79 Å². The maximum absolute atomic E-state index is 11.2. The molecule has 0 radical (unpaired) electrons. The van der Waals surface area contributed by atoms with Crippen LogP contribution in [0.3, 0.4) is 0 Å². The van der Waals surface area contributed by atoms with Gasteiger partial charge < -0.3 is 15.8 Å². The summed E-state index contributed by atoms with van der Waals surface area (Å²) in [6, 6.07) is 0. The highest BCUT2D eigenvalue weighted by molar-refractivity contribution is 5.71. The van der Waals surface area contributed by atoms with Crippen molar-refractivity contribution in [3.8, 4) is 0 Å². The molecule has 1 rings (SSSR count). The molecular weight excluding hydrogens is 192 g/mol. The topological polar surface area (TPSA) is 64.3 Å². The van der Waals surface area contributed by atoms with Gasteiger partial charge in [-0.05, 0) is 18.4 Å². The van der Waals surface area contributed by atoms with E-state index in [0.29, 0.717) is 19.7 Å². The predicted octanol–water partition coefficient (Wildman–Crippen LogP) is 0.354. The van der Waals surface area contributed by atoms with Gasteiger partial charge in [-0.15, -0.1) is 0 Å². The second-order valence-electron chi connectivity index (χ2n) is 3.38. The largest absolute Gasteiger partial charge is 0.460 e. The van der Waals surface area contributed by atoms with Gasteiger partial charge in [-0.25, -0.2) is 0 Å². The maximum atomic E-state index is 11.2. The number of hydrogen-bond acceptors (Lipinski definition) is 4. The van der Waals surface area contributed by atoms with E-state index in [1.54, 1.807) is 0 Å². The molecule has 0 fully saturated rings. The molecule has 1 aliphatic carbocycles. The van der Waals surface area contributed by atoms with Gasteiger partial charge in [0.15, 0.2) is 0 Å². The average molecular weight is 210 g/mol. The lowest BCUT2D eigenvalue weighted by atomic mass is 10.1. The third-order valence-corrected chi connectivity index (χ3v) is 2.06. The molecular formula is C11H18N2O2. The molecule has 3 N–H and O–H groups in total. The minimum atomic E-state index is -0.233. The first-order valence-corrected chi connectivity index (χ1v) is 5.25. The summed E-state index contributed by atoms with van der Waals surface area (Å²) in [5.74, 6) is -0.233. The van der Waals surface area contributed by atoms with Crippen LogP contribution < -0.4 is 11.1 Å². The van der Waals surface area contributed by atoms with Gasteiger partial charge >= 0.3 is 5.97 Å². The molecule has 1 aliphatic rings. The Balaban J connectivity index is 2.11. The van der Waals surface area contributed by atoms with Crippen LogP contribution >= 0.6 is 0 Å². The molecule has 0 saturated carbocycles. The van der Waals surface area contributed by atoms with Crippen molar-refractivity contribution in [2.24, 2.45) is 5.73 Å². The van der Waals surface area contributed by atoms with E-state index < -0.39 is 0 Å². The molecule has 0 heterocycles. The zero-order chi connectivity index (χ0) is 10.9. The highest BCUT2D eigenvalue weighted by Gasteiger charge is 2.03. The fourth-order valence-electron chi connectivity index (χ4n) is 1.28. The SMILES string of the molecule is NCCNCC(=O)OCC1=CCCC=C1. The molecule has 0 spiro atoms. The zero-order valence-corrected chi connectivity index (χ0v) is 8.87. The molecule has 0 aromatic heterocycles. The normalized spacial score (nSPS) is 14.9. The minimum Gasteiger partial charge on any atom is -0.460 e. The van der Waals surface area contributed by atoms with Crippen LogP contribution in [-0.4, -0.2) is 32.2 Å². The number of nitrogens with two attached hydrogens (primary N) is 1. The summed E-state index contributed by atoms with van der Waals surface area (Å²) >= 11 is 0. The third-order valence-electron chi connectivity index (χ3n) is 2.06. The summed E-state index contributed by atoms with van der Waals surface area (Å²) in [5.41, 5.74) is 6.35. The van der Waals surface area contributed by atoms with E-state index in [2.05, 4.69) is 17.5 Å². The number of carbonyl (C=O) groups is 1. The lowest BCUT2D eigenvalue weighted by molar-refractivity contribution is -0.141. The number of esters is 1. The van der Waals surface area contributed by atoms with Gasteiger partial charge in [0.1, 0.15) is 6.61 Å². The van der Waals surface area contributed by atoms with Crippen molar-refractivity contribution in [1.82, 2.24) is 5.32 Å². The van der Waals surface area contributed by atoms with Crippen LogP contribution in [0.1, 0.15) is 12.8 Å². The molecule has 0 aliphatic heterocycles. The molecule has 15 heavy (non-hydrogen) atoms. The first-order valence-electron chi connectivity index (χ1n) is 5.25. The Bertz CT molecular complexity index is 259. The number of hydrogen-bond donors (Lipinski definition) is 2. The fraction of sp³-hybridized carbons (Fsp3) is 0.545. The van der Waals surface area contributed by atoms with Gasteiger partial charge in [0.05, 0.1) is 6.54 Å². The molecule has 0 unspecified atom stereocenters. The van der Waals surface area contributed by atoms with E-state index in [1.807, 2.05) is 6.08 Å². The van der Waals surface area contributed by atoms with Gasteiger partial charge in [-0.1, -0.05) is 18.2 Å². The summed E-state index contributed by atoms with van der Waals surface area (Å²) in [4.78, 5) is 11.2. The van der Waals surface area contributed by atoms with Crippen molar-refractivity contribution in [3.05, 3.63) is 23.8 Å². The van der Waals surface area contributed by atoms with Crippen molar-refractivity contribution < 1.29 is 9.53 Å². The molecule has 0 saturated heterocycles. The van der Waals surface area contributed by atoms with Crippen LogP contribution in [-0.2, 0) is 9.53 Å². The lowest BCUT2D eigenvalue weighted by Crippen LogP contribution is -2.29. The van der Waals surface area contributed by atoms with Crippen molar-refractivity contribution >= 4 is 5.97 Å². The Morgan fingerprint density at radius 2 is 2.40 bits per heavy atom. The van der Waals surface area contributed by atoms with Crippen molar-refractivity contribution in [2.75, 3.05) is 26.2 Å². The van der Waals surface area contributed by atoms with E-state index in [9.17, 15) is 4.79 Å². The van der Waals surface area contributed by atoms with Gasteiger partial charge in [-0.2, -0.15) is 0 Å². The highest BCUT2D eigenvalue weighted by Crippen LogP contribution is 2.09. The Morgan fingerprint density at radius 1 is 1.53 bits per heavy atom. The Kier molecular flexibility index (Phi) is 5.73. The van der Waals surface area contributed by atoms with E-state index in [1.165, 1.54) is 0 Å². The maximum Gasteiger partial charge on any atom is 0.320 e. The summed E-state index contributed by atoms with van der Waals surface area (Å²) in [6.45, 7) is 1.77. The second-order valence-corrected chi connectivity index (χ2v) is 3.38. The monoisotopic (exact) mass is 210 g/mol. The Labute approximate surface area is 90.2 Å². The molecule has 4 nitrogen and oxygen atoms in total. The van der Waals surface area contributed by atoms with E-state index in [-0.39, 0.29) is 12.5 Å². The average Bonchev–Trinajstić information content (AvgIpc) is 2.28. The molecule has 0 aromatic rings. The zero-order valence-electron chi connectivity index (χ0n) is 8.87. The van der Waals surface area contributed by atoms with Crippen LogP contribution in [0.2, 0.25) is 0 Å². The van der Waals surface area contributed by atoms with Crippen LogP contribution in [0.4, 0.5) is 0 Å². The van der Waals surface area contributed by atoms with E-state index >= 15 is 0 Å². The molecule has 0 aromatic carbocycles. The number of rotatable bonds is 6.